The zero-order valence-corrected chi connectivity index (χ0v) is 34.9. The highest BCUT2D eigenvalue weighted by Gasteiger charge is 2.59. The maximum absolute atomic E-state index is 13.3. The summed E-state index contributed by atoms with van der Waals surface area (Å²) in [4.78, 5) is 30.0. The number of rotatable bonds is 12. The molecular formula is C49H67N5O2. The number of carbonyl (C=O) groups is 1. The molecule has 8 atom stereocenters. The number of carbonyl (C=O) groups excluding carboxylic acids is 1. The molecule has 8 rings (SSSR count). The van der Waals surface area contributed by atoms with Gasteiger partial charge in [-0.15, -0.1) is 0 Å². The highest BCUT2D eigenvalue weighted by molar-refractivity contribution is 5.70. The molecule has 5 aliphatic rings. The van der Waals surface area contributed by atoms with Gasteiger partial charge >= 0.3 is 5.97 Å². The summed E-state index contributed by atoms with van der Waals surface area (Å²) in [5.74, 6) is 7.05. The van der Waals surface area contributed by atoms with Crippen LogP contribution in [0.2, 0.25) is 0 Å². The van der Waals surface area contributed by atoms with E-state index in [1.807, 2.05) is 24.3 Å². The third-order valence-electron chi connectivity index (χ3n) is 15.5. The molecule has 56 heavy (non-hydrogen) atoms. The lowest BCUT2D eigenvalue weighted by molar-refractivity contribution is -0.151. The number of hydrogen-bond acceptors (Lipinski definition) is 7. The van der Waals surface area contributed by atoms with E-state index in [4.69, 9.17) is 14.7 Å². The van der Waals surface area contributed by atoms with Gasteiger partial charge in [-0.05, 0) is 127 Å². The summed E-state index contributed by atoms with van der Waals surface area (Å²) in [6, 6.07) is 16.6. The highest BCUT2D eigenvalue weighted by Crippen LogP contribution is 2.67. The van der Waals surface area contributed by atoms with Gasteiger partial charge in [-0.2, -0.15) is 0 Å². The number of nitrogens with zero attached hydrogens (tertiary/aromatic N) is 4. The van der Waals surface area contributed by atoms with Gasteiger partial charge in [0.1, 0.15) is 23.4 Å². The third-order valence-corrected chi connectivity index (χ3v) is 15.5. The number of ether oxygens (including phenoxy) is 1. The van der Waals surface area contributed by atoms with Gasteiger partial charge in [-0.3, -0.25) is 9.78 Å². The first-order valence-corrected chi connectivity index (χ1v) is 22.4. The number of fused-ring (bicyclic) bond motifs is 6. The van der Waals surface area contributed by atoms with Gasteiger partial charge in [0.2, 0.25) is 0 Å². The molecule has 0 radical (unpaired) electrons. The lowest BCUT2D eigenvalue weighted by atomic mass is 9.47. The molecule has 1 aliphatic heterocycles. The van der Waals surface area contributed by atoms with Crippen molar-refractivity contribution in [3.05, 3.63) is 77.5 Å². The van der Waals surface area contributed by atoms with Gasteiger partial charge in [-0.25, -0.2) is 9.97 Å². The maximum Gasteiger partial charge on any atom is 0.307 e. The molecule has 2 aromatic heterocycles. The summed E-state index contributed by atoms with van der Waals surface area (Å²) in [6.07, 6.45) is 20.6. The summed E-state index contributed by atoms with van der Waals surface area (Å²) >= 11 is 0. The Kier molecular flexibility index (Phi) is 11.6. The molecule has 3 aromatic rings. The smallest absolute Gasteiger partial charge is 0.307 e. The van der Waals surface area contributed by atoms with Crippen LogP contribution in [0.15, 0.2) is 66.4 Å². The molecule has 0 saturated heterocycles. The number of esters is 1. The number of hydrogen-bond donors (Lipinski definition) is 1. The maximum atomic E-state index is 13.3. The molecule has 1 aromatic carbocycles. The van der Waals surface area contributed by atoms with E-state index in [0.717, 1.165) is 92.2 Å². The topological polar surface area (TPSA) is 80.2 Å². The minimum absolute atomic E-state index is 0.0247. The first kappa shape index (κ1) is 39.1. The first-order chi connectivity index (χ1) is 27.1. The predicted octanol–water partition coefficient (Wildman–Crippen LogP) is 10.9. The molecule has 0 bridgehead atoms. The second-order valence-corrected chi connectivity index (χ2v) is 19.2. The van der Waals surface area contributed by atoms with Crippen LogP contribution in [-0.2, 0) is 22.4 Å². The molecule has 3 heterocycles. The van der Waals surface area contributed by atoms with Crippen LogP contribution in [0.5, 0.6) is 0 Å². The zero-order chi connectivity index (χ0) is 38.9. The first-order valence-electron chi connectivity index (χ1n) is 22.4. The Morgan fingerprint density at radius 3 is 2.46 bits per heavy atom. The molecule has 0 spiro atoms. The van der Waals surface area contributed by atoms with Gasteiger partial charge in [0, 0.05) is 38.3 Å². The minimum atomic E-state index is -0.127. The van der Waals surface area contributed by atoms with Crippen molar-refractivity contribution in [3.8, 4) is 11.5 Å². The van der Waals surface area contributed by atoms with Crippen LogP contribution in [0, 0.1) is 46.3 Å². The van der Waals surface area contributed by atoms with E-state index in [2.05, 4.69) is 80.2 Å². The molecule has 3 fully saturated rings. The number of anilines is 2. The highest BCUT2D eigenvalue weighted by atomic mass is 16.5. The van der Waals surface area contributed by atoms with Crippen molar-refractivity contribution in [2.45, 2.75) is 131 Å². The van der Waals surface area contributed by atoms with Crippen LogP contribution in [0.3, 0.4) is 0 Å². The number of allylic oxidation sites excluding steroid dienone is 1. The second kappa shape index (κ2) is 16.6. The molecule has 4 aliphatic carbocycles. The number of pyridine rings is 1. The van der Waals surface area contributed by atoms with Gasteiger partial charge in [-0.1, -0.05) is 95.9 Å². The minimum Gasteiger partial charge on any atom is -0.462 e. The fourth-order valence-electron chi connectivity index (χ4n) is 12.5. The Morgan fingerprint density at radius 1 is 0.929 bits per heavy atom. The Morgan fingerprint density at radius 2 is 1.71 bits per heavy atom. The lowest BCUT2D eigenvalue weighted by Crippen LogP contribution is -2.51. The zero-order valence-electron chi connectivity index (χ0n) is 34.9. The predicted molar refractivity (Wildman–Crippen MR) is 227 cm³/mol. The lowest BCUT2D eigenvalue weighted by Gasteiger charge is -2.58. The molecule has 1 N–H and O–H groups in total. The van der Waals surface area contributed by atoms with Crippen LogP contribution in [0.25, 0.3) is 11.5 Å². The van der Waals surface area contributed by atoms with Crippen molar-refractivity contribution in [2.24, 2.45) is 46.3 Å². The van der Waals surface area contributed by atoms with E-state index in [1.54, 1.807) is 11.8 Å². The van der Waals surface area contributed by atoms with E-state index in [-0.39, 0.29) is 17.5 Å². The quantitative estimate of drug-likeness (QED) is 0.146. The second-order valence-electron chi connectivity index (χ2n) is 19.2. The molecule has 7 heteroatoms. The molecule has 7 nitrogen and oxygen atoms in total. The number of aromatic nitrogens is 3. The molecular weight excluding hydrogens is 691 g/mol. The average molecular weight is 758 g/mol. The monoisotopic (exact) mass is 758 g/mol. The van der Waals surface area contributed by atoms with Gasteiger partial charge in [0.25, 0.3) is 0 Å². The summed E-state index contributed by atoms with van der Waals surface area (Å²) in [6.45, 7) is 14.8. The Hall–Kier alpha value is -3.74. The van der Waals surface area contributed by atoms with E-state index in [9.17, 15) is 4.79 Å². The summed E-state index contributed by atoms with van der Waals surface area (Å²) in [7, 11) is 0. The SMILES string of the molecule is CC(C)CCC[C@@H](C)[C@H]1CC[C@H]2[C@@H]3CC=C4C[C@@H](OC(=O)CCNc5cc(N6CCc7ccccc7CC6)nc(-c6ccccn6)n5)CC[C@]4(C)[C@H]3CC[C@]12C. The van der Waals surface area contributed by atoms with E-state index >= 15 is 0 Å². The van der Waals surface area contributed by atoms with E-state index in [0.29, 0.717) is 30.0 Å². The van der Waals surface area contributed by atoms with E-state index in [1.165, 1.54) is 62.5 Å². The number of nitrogens with one attached hydrogen (secondary N) is 1. The fraction of sp³-hybridized carbons (Fsp3) is 0.633. The van der Waals surface area contributed by atoms with Crippen LogP contribution in [0.4, 0.5) is 11.6 Å². The van der Waals surface area contributed by atoms with Crippen LogP contribution >= 0.6 is 0 Å². The van der Waals surface area contributed by atoms with Gasteiger partial charge in [0.05, 0.1) is 6.42 Å². The standard InChI is InChI=1S/C49H67N5O2/c1-33(2)11-10-12-34(3)40-18-19-41-39-17-16-37-31-38(20-25-48(37,4)42(39)21-26-49(40,41)5)56-46(55)22-28-51-44-32-45(53-47(52-44)43-15-8-9-27-50-43)54-29-23-35-13-6-7-14-36(35)24-30-54/h6-9,13-16,27,32-34,38-42H,10-12,17-26,28-31H2,1-5H3,(H,51,52,53)/t34-,38+,39+,40-,41+,42+,48+,49-/m1/s1. The molecule has 3 saturated carbocycles. The van der Waals surface area contributed by atoms with Crippen molar-refractivity contribution < 1.29 is 9.53 Å². The average Bonchev–Trinajstić information content (AvgIpc) is 3.41. The van der Waals surface area contributed by atoms with Crippen LogP contribution in [0.1, 0.15) is 123 Å². The third kappa shape index (κ3) is 8.03. The van der Waals surface area contributed by atoms with Crippen molar-refractivity contribution in [3.63, 3.8) is 0 Å². The Balaban J connectivity index is 0.868. The van der Waals surface area contributed by atoms with Crippen LogP contribution < -0.4 is 10.2 Å². The molecule has 0 amide bonds. The largest absolute Gasteiger partial charge is 0.462 e. The Labute approximate surface area is 336 Å². The van der Waals surface area contributed by atoms with E-state index < -0.39 is 0 Å². The van der Waals surface area contributed by atoms with Crippen molar-refractivity contribution >= 4 is 17.6 Å². The molecule has 0 unspecified atom stereocenters. The van der Waals surface area contributed by atoms with Crippen molar-refractivity contribution in [1.82, 2.24) is 15.0 Å². The normalized spacial score (nSPS) is 30.3. The Bertz CT molecular complexity index is 1830. The summed E-state index contributed by atoms with van der Waals surface area (Å²) in [5, 5.41) is 3.45. The summed E-state index contributed by atoms with van der Waals surface area (Å²) in [5.41, 5.74) is 5.89. The van der Waals surface area contributed by atoms with Crippen molar-refractivity contribution in [1.29, 1.82) is 0 Å². The number of benzene rings is 1. The van der Waals surface area contributed by atoms with Crippen molar-refractivity contribution in [2.75, 3.05) is 29.9 Å². The molecule has 300 valence electrons. The fourth-order valence-corrected chi connectivity index (χ4v) is 12.5. The van der Waals surface area contributed by atoms with Crippen LogP contribution in [-0.4, -0.2) is 46.7 Å². The summed E-state index contributed by atoms with van der Waals surface area (Å²) < 4.78 is 6.22. The van der Waals surface area contributed by atoms with Gasteiger partial charge in [0.15, 0.2) is 5.82 Å². The van der Waals surface area contributed by atoms with Gasteiger partial charge < -0.3 is 15.0 Å².